The standard InChI is InChI=1S/C4H10N4/c1-4(7-6-2)8(3)5/h2,5H2,1,3H3/b7-4-. The second-order valence-electron chi connectivity index (χ2n) is 1.40. The van der Waals surface area contributed by atoms with E-state index >= 15 is 0 Å². The summed E-state index contributed by atoms with van der Waals surface area (Å²) in [6.07, 6.45) is 0. The molecule has 0 amide bonds. The number of hydrogen-bond acceptors (Lipinski definition) is 3. The van der Waals surface area contributed by atoms with Crippen molar-refractivity contribution >= 4 is 12.6 Å². The van der Waals surface area contributed by atoms with Crippen LogP contribution >= 0.6 is 0 Å². The van der Waals surface area contributed by atoms with E-state index in [2.05, 4.69) is 16.9 Å². The van der Waals surface area contributed by atoms with Crippen LogP contribution in [0.25, 0.3) is 0 Å². The van der Waals surface area contributed by atoms with Gasteiger partial charge in [-0.05, 0) is 6.92 Å². The van der Waals surface area contributed by atoms with Crippen LogP contribution in [0.4, 0.5) is 0 Å². The number of rotatable bonds is 1. The molecule has 0 rings (SSSR count). The van der Waals surface area contributed by atoms with E-state index in [0.29, 0.717) is 5.84 Å². The topological polar surface area (TPSA) is 54.0 Å². The van der Waals surface area contributed by atoms with E-state index in [-0.39, 0.29) is 0 Å². The number of nitrogens with two attached hydrogens (primary N) is 1. The lowest BCUT2D eigenvalue weighted by Crippen LogP contribution is -2.30. The third-order valence-electron chi connectivity index (χ3n) is 0.726. The fourth-order valence-corrected chi connectivity index (χ4v) is 0.173. The molecule has 0 aliphatic rings. The Kier molecular flexibility index (Phi) is 2.79. The van der Waals surface area contributed by atoms with Crippen molar-refractivity contribution in [1.82, 2.24) is 5.01 Å². The summed E-state index contributed by atoms with van der Waals surface area (Å²) in [6.45, 7) is 4.91. The Labute approximate surface area is 48.7 Å². The summed E-state index contributed by atoms with van der Waals surface area (Å²) in [7, 11) is 1.68. The number of hydrogen-bond donors (Lipinski definition) is 1. The Hall–Kier alpha value is -0.900. The van der Waals surface area contributed by atoms with Crippen LogP contribution < -0.4 is 5.84 Å². The highest BCUT2D eigenvalue weighted by Crippen LogP contribution is 1.77. The van der Waals surface area contributed by atoms with Gasteiger partial charge >= 0.3 is 0 Å². The van der Waals surface area contributed by atoms with Gasteiger partial charge in [0, 0.05) is 13.8 Å². The maximum Gasteiger partial charge on any atom is 0.138 e. The number of amidine groups is 1. The van der Waals surface area contributed by atoms with Gasteiger partial charge in [0.15, 0.2) is 0 Å². The Morgan fingerprint density at radius 2 is 2.25 bits per heavy atom. The summed E-state index contributed by atoms with van der Waals surface area (Å²) in [4.78, 5) is 0. The molecule has 0 aromatic carbocycles. The lowest BCUT2D eigenvalue weighted by molar-refractivity contribution is 0.533. The van der Waals surface area contributed by atoms with Gasteiger partial charge in [-0.15, -0.1) is 5.10 Å². The van der Waals surface area contributed by atoms with E-state index in [1.54, 1.807) is 14.0 Å². The predicted octanol–water partition coefficient (Wildman–Crippen LogP) is -0.174. The lowest BCUT2D eigenvalue weighted by atomic mass is 10.7. The molecular weight excluding hydrogens is 104 g/mol. The predicted molar refractivity (Wildman–Crippen MR) is 34.6 cm³/mol. The molecule has 4 nitrogen and oxygen atoms in total. The van der Waals surface area contributed by atoms with Crippen molar-refractivity contribution in [2.24, 2.45) is 16.0 Å². The molecule has 4 heteroatoms. The van der Waals surface area contributed by atoms with E-state index in [1.165, 1.54) is 5.01 Å². The van der Waals surface area contributed by atoms with Gasteiger partial charge in [0.2, 0.25) is 0 Å². The molecule has 0 fully saturated rings. The molecule has 0 aromatic rings. The molecule has 0 spiro atoms. The van der Waals surface area contributed by atoms with Gasteiger partial charge < -0.3 is 5.01 Å². The molecule has 0 saturated heterocycles. The summed E-state index contributed by atoms with van der Waals surface area (Å²) in [5.41, 5.74) is 0. The van der Waals surface area contributed by atoms with Crippen molar-refractivity contribution in [3.8, 4) is 0 Å². The molecule has 0 aliphatic heterocycles. The van der Waals surface area contributed by atoms with Crippen LogP contribution in [0, 0.1) is 0 Å². The van der Waals surface area contributed by atoms with Crippen molar-refractivity contribution < 1.29 is 0 Å². The van der Waals surface area contributed by atoms with Crippen LogP contribution in [0.5, 0.6) is 0 Å². The average molecular weight is 114 g/mol. The molecule has 0 unspecified atom stereocenters. The zero-order chi connectivity index (χ0) is 6.57. The quantitative estimate of drug-likeness (QED) is 0.222. The van der Waals surface area contributed by atoms with Gasteiger partial charge in [0.05, 0.1) is 0 Å². The van der Waals surface area contributed by atoms with E-state index in [9.17, 15) is 0 Å². The maximum atomic E-state index is 5.24. The SMILES string of the molecule is C=N/N=C(/C)N(C)N. The van der Waals surface area contributed by atoms with Crippen LogP contribution in [0.2, 0.25) is 0 Å². The fourth-order valence-electron chi connectivity index (χ4n) is 0.173. The maximum absolute atomic E-state index is 5.24. The van der Waals surface area contributed by atoms with Crippen LogP contribution in [-0.2, 0) is 0 Å². The average Bonchev–Trinajstić information content (AvgIpc) is 1.67. The minimum Gasteiger partial charge on any atom is -0.300 e. The van der Waals surface area contributed by atoms with Crippen molar-refractivity contribution in [2.45, 2.75) is 6.92 Å². The molecular formula is C4H10N4. The van der Waals surface area contributed by atoms with E-state index in [4.69, 9.17) is 5.84 Å². The Morgan fingerprint density at radius 3 is 2.38 bits per heavy atom. The van der Waals surface area contributed by atoms with Gasteiger partial charge in [-0.1, -0.05) is 0 Å². The summed E-state index contributed by atoms with van der Waals surface area (Å²) >= 11 is 0. The fraction of sp³-hybridized carbons (Fsp3) is 0.500. The second-order valence-corrected chi connectivity index (χ2v) is 1.40. The second kappa shape index (κ2) is 3.15. The van der Waals surface area contributed by atoms with E-state index in [1.807, 2.05) is 0 Å². The highest BCUT2D eigenvalue weighted by atomic mass is 15.4. The smallest absolute Gasteiger partial charge is 0.138 e. The summed E-state index contributed by atoms with van der Waals surface area (Å²) in [5.74, 6) is 5.88. The van der Waals surface area contributed by atoms with Crippen molar-refractivity contribution in [3.05, 3.63) is 0 Å². The first-order valence-corrected chi connectivity index (χ1v) is 2.17. The van der Waals surface area contributed by atoms with Crippen LogP contribution in [-0.4, -0.2) is 24.6 Å². The molecule has 2 N–H and O–H groups in total. The van der Waals surface area contributed by atoms with Gasteiger partial charge in [-0.2, -0.15) is 5.10 Å². The zero-order valence-electron chi connectivity index (χ0n) is 5.13. The van der Waals surface area contributed by atoms with Crippen LogP contribution in [0.3, 0.4) is 0 Å². The van der Waals surface area contributed by atoms with Crippen LogP contribution in [0.15, 0.2) is 10.2 Å². The summed E-state index contributed by atoms with van der Waals surface area (Å²) in [5, 5.41) is 8.20. The van der Waals surface area contributed by atoms with Crippen molar-refractivity contribution in [1.29, 1.82) is 0 Å². The number of hydrazine groups is 1. The largest absolute Gasteiger partial charge is 0.300 e. The molecule has 0 aliphatic carbocycles. The third kappa shape index (κ3) is 2.30. The summed E-state index contributed by atoms with van der Waals surface area (Å²) < 4.78 is 0. The Morgan fingerprint density at radius 1 is 1.75 bits per heavy atom. The molecule has 0 saturated carbocycles. The number of nitrogens with zero attached hydrogens (tertiary/aromatic N) is 3. The molecule has 0 aromatic heterocycles. The molecule has 0 bridgehead atoms. The Bertz CT molecular complexity index is 105. The molecule has 0 radical (unpaired) electrons. The molecule has 0 heterocycles. The monoisotopic (exact) mass is 114 g/mol. The van der Waals surface area contributed by atoms with Gasteiger partial charge in [0.25, 0.3) is 0 Å². The normalized spacial score (nSPS) is 11.1. The minimum atomic E-state index is 0.639. The molecule has 0 atom stereocenters. The first-order valence-electron chi connectivity index (χ1n) is 2.17. The van der Waals surface area contributed by atoms with Crippen molar-refractivity contribution in [3.63, 3.8) is 0 Å². The zero-order valence-corrected chi connectivity index (χ0v) is 5.13. The molecule has 8 heavy (non-hydrogen) atoms. The highest BCUT2D eigenvalue weighted by molar-refractivity contribution is 5.78. The highest BCUT2D eigenvalue weighted by Gasteiger charge is 1.88. The minimum absolute atomic E-state index is 0.639. The van der Waals surface area contributed by atoms with E-state index < -0.39 is 0 Å². The Balaban J connectivity index is 3.78. The van der Waals surface area contributed by atoms with Crippen molar-refractivity contribution in [2.75, 3.05) is 7.05 Å². The van der Waals surface area contributed by atoms with Gasteiger partial charge in [0.1, 0.15) is 5.84 Å². The van der Waals surface area contributed by atoms with Gasteiger partial charge in [-0.25, -0.2) is 5.84 Å². The molecule has 46 valence electrons. The van der Waals surface area contributed by atoms with Gasteiger partial charge in [-0.3, -0.25) is 0 Å². The first kappa shape index (κ1) is 7.10. The third-order valence-corrected chi connectivity index (χ3v) is 0.726. The van der Waals surface area contributed by atoms with E-state index in [0.717, 1.165) is 0 Å². The lowest BCUT2D eigenvalue weighted by Gasteiger charge is -2.07. The first-order chi connectivity index (χ1) is 3.68. The summed E-state index contributed by atoms with van der Waals surface area (Å²) in [6, 6.07) is 0. The van der Waals surface area contributed by atoms with Crippen LogP contribution in [0.1, 0.15) is 6.92 Å².